The van der Waals surface area contributed by atoms with Gasteiger partial charge in [0.2, 0.25) is 0 Å². The van der Waals surface area contributed by atoms with Crippen molar-refractivity contribution in [2.24, 2.45) is 0 Å². The molecule has 0 nitrogen and oxygen atoms in total. The predicted molar refractivity (Wildman–Crippen MR) is 31.2 cm³/mol. The van der Waals surface area contributed by atoms with Crippen molar-refractivity contribution < 1.29 is 64.3 Å². The van der Waals surface area contributed by atoms with Crippen LogP contribution < -0.4 is 51.4 Å². The van der Waals surface area contributed by atoms with Gasteiger partial charge in [0.1, 0.15) is 0 Å². The number of rotatable bonds is 2. The SMILES string of the molecule is C=CC1([B-](F)(F)F)CC1.[K+]. The maximum Gasteiger partial charge on any atom is 1.00 e. The van der Waals surface area contributed by atoms with Gasteiger partial charge in [0.25, 0.3) is 0 Å². The molecule has 0 aromatic carbocycles. The van der Waals surface area contributed by atoms with E-state index in [1.54, 1.807) is 0 Å². The summed E-state index contributed by atoms with van der Waals surface area (Å²) in [6.07, 6.45) is 1.53. The van der Waals surface area contributed by atoms with E-state index in [-0.39, 0.29) is 64.2 Å². The van der Waals surface area contributed by atoms with Crippen LogP contribution >= 0.6 is 0 Å². The summed E-state index contributed by atoms with van der Waals surface area (Å²) in [5, 5.41) is -1.44. The molecular weight excluding hydrogens is 167 g/mol. The molecule has 1 aliphatic rings. The summed E-state index contributed by atoms with van der Waals surface area (Å²) in [7, 11) is 0. The minimum Gasteiger partial charge on any atom is -0.448 e. The standard InChI is InChI=1S/C5H7BF3.K/c1-2-5(3-4-5)6(7,8)9;/h2H,1,3-4H2;/q-1;+1. The van der Waals surface area contributed by atoms with Crippen LogP contribution in [-0.4, -0.2) is 6.98 Å². The van der Waals surface area contributed by atoms with Crippen molar-refractivity contribution in [1.29, 1.82) is 0 Å². The summed E-state index contributed by atoms with van der Waals surface area (Å²) in [6.45, 7) is -1.50. The van der Waals surface area contributed by atoms with E-state index in [1.165, 1.54) is 0 Å². The summed E-state index contributed by atoms with van der Waals surface area (Å²) >= 11 is 0. The normalized spacial score (nSPS) is 21.1. The molecule has 0 aromatic rings. The van der Waals surface area contributed by atoms with Crippen LogP contribution in [0.1, 0.15) is 12.8 Å². The molecule has 0 atom stereocenters. The molecule has 0 spiro atoms. The molecule has 1 fully saturated rings. The van der Waals surface area contributed by atoms with Crippen molar-refractivity contribution in [3.05, 3.63) is 12.7 Å². The minimum absolute atomic E-state index is 0. The molecule has 52 valence electrons. The molecule has 0 radical (unpaired) electrons. The van der Waals surface area contributed by atoms with Gasteiger partial charge >= 0.3 is 58.4 Å². The van der Waals surface area contributed by atoms with Gasteiger partial charge in [-0.1, -0.05) is 12.8 Å². The van der Waals surface area contributed by atoms with Crippen LogP contribution in [0.4, 0.5) is 12.9 Å². The quantitative estimate of drug-likeness (QED) is 0.393. The van der Waals surface area contributed by atoms with E-state index in [2.05, 4.69) is 6.58 Å². The van der Waals surface area contributed by atoms with Gasteiger partial charge in [0.05, 0.1) is 0 Å². The summed E-state index contributed by atoms with van der Waals surface area (Å²) in [6, 6.07) is 0. The Labute approximate surface area is 101 Å². The van der Waals surface area contributed by atoms with E-state index in [0.717, 1.165) is 6.08 Å². The van der Waals surface area contributed by atoms with Gasteiger partial charge in [-0.2, -0.15) is 0 Å². The van der Waals surface area contributed by atoms with Gasteiger partial charge in [-0.05, 0) is 5.31 Å². The Morgan fingerprint density at radius 3 is 1.70 bits per heavy atom. The molecule has 5 heteroatoms. The van der Waals surface area contributed by atoms with Crippen molar-refractivity contribution >= 4 is 6.98 Å². The predicted octanol–water partition coefficient (Wildman–Crippen LogP) is -0.442. The zero-order valence-electron chi connectivity index (χ0n) is 5.91. The summed E-state index contributed by atoms with van der Waals surface area (Å²) < 4.78 is 35.7. The van der Waals surface area contributed by atoms with Crippen LogP contribution in [0.5, 0.6) is 0 Å². The average Bonchev–Trinajstić information content (AvgIpc) is 2.40. The molecule has 10 heavy (non-hydrogen) atoms. The van der Waals surface area contributed by atoms with Gasteiger partial charge in [-0.25, -0.2) is 0 Å². The van der Waals surface area contributed by atoms with E-state index in [4.69, 9.17) is 0 Å². The van der Waals surface area contributed by atoms with Gasteiger partial charge in [-0.3, -0.25) is 0 Å². The van der Waals surface area contributed by atoms with Gasteiger partial charge in [-0.15, -0.1) is 12.7 Å². The molecule has 1 saturated carbocycles. The Kier molecular flexibility index (Phi) is 3.72. The molecule has 0 N–H and O–H groups in total. The molecular formula is C5H7BF3K. The van der Waals surface area contributed by atoms with Crippen LogP contribution in [0, 0.1) is 0 Å². The molecule has 0 unspecified atom stereocenters. The monoisotopic (exact) mass is 174 g/mol. The first kappa shape index (κ1) is 11.2. The molecule has 0 aliphatic heterocycles. The second-order valence-electron chi connectivity index (χ2n) is 2.51. The molecule has 0 heterocycles. The minimum atomic E-state index is -4.66. The number of halogens is 3. The molecule has 0 saturated heterocycles. The van der Waals surface area contributed by atoms with E-state index in [9.17, 15) is 12.9 Å². The topological polar surface area (TPSA) is 0 Å². The number of allylic oxidation sites excluding steroid dienone is 1. The smallest absolute Gasteiger partial charge is 0.448 e. The summed E-state index contributed by atoms with van der Waals surface area (Å²) in [5.74, 6) is 0. The zero-order valence-corrected chi connectivity index (χ0v) is 9.03. The fourth-order valence-electron chi connectivity index (χ4n) is 0.809. The van der Waals surface area contributed by atoms with Crippen LogP contribution in [0.15, 0.2) is 12.7 Å². The summed E-state index contributed by atoms with van der Waals surface area (Å²) in [5.41, 5.74) is 0. The van der Waals surface area contributed by atoms with E-state index in [0.29, 0.717) is 0 Å². The Bertz CT molecular complexity index is 138. The van der Waals surface area contributed by atoms with Crippen molar-refractivity contribution in [3.8, 4) is 0 Å². The van der Waals surface area contributed by atoms with Crippen molar-refractivity contribution in [3.63, 3.8) is 0 Å². The second-order valence-corrected chi connectivity index (χ2v) is 2.51. The Morgan fingerprint density at radius 1 is 1.30 bits per heavy atom. The van der Waals surface area contributed by atoms with Crippen LogP contribution in [-0.2, 0) is 0 Å². The molecule has 1 aliphatic carbocycles. The Balaban J connectivity index is 0.000000810. The van der Waals surface area contributed by atoms with Crippen LogP contribution in [0.2, 0.25) is 5.31 Å². The van der Waals surface area contributed by atoms with Crippen molar-refractivity contribution in [1.82, 2.24) is 0 Å². The van der Waals surface area contributed by atoms with Crippen molar-refractivity contribution in [2.75, 3.05) is 0 Å². The average molecular weight is 174 g/mol. The van der Waals surface area contributed by atoms with Crippen LogP contribution in [0.3, 0.4) is 0 Å². The first-order valence-electron chi connectivity index (χ1n) is 2.85. The number of hydrogen-bond donors (Lipinski definition) is 0. The number of hydrogen-bond acceptors (Lipinski definition) is 0. The first-order chi connectivity index (χ1) is 4.02. The van der Waals surface area contributed by atoms with Crippen molar-refractivity contribution in [2.45, 2.75) is 18.2 Å². The molecule has 0 aromatic heterocycles. The van der Waals surface area contributed by atoms with E-state index in [1.807, 2.05) is 0 Å². The zero-order chi connectivity index (χ0) is 7.12. The van der Waals surface area contributed by atoms with Crippen LogP contribution in [0.25, 0.3) is 0 Å². The third-order valence-electron chi connectivity index (χ3n) is 1.89. The van der Waals surface area contributed by atoms with Gasteiger partial charge in [0, 0.05) is 0 Å². The fourth-order valence-corrected chi connectivity index (χ4v) is 0.809. The maximum absolute atomic E-state index is 11.9. The Hall–Kier alpha value is 1.23. The summed E-state index contributed by atoms with van der Waals surface area (Å²) in [4.78, 5) is 0. The first-order valence-corrected chi connectivity index (χ1v) is 2.85. The van der Waals surface area contributed by atoms with Gasteiger partial charge in [0.15, 0.2) is 0 Å². The molecule has 0 amide bonds. The largest absolute Gasteiger partial charge is 1.00 e. The van der Waals surface area contributed by atoms with Gasteiger partial charge < -0.3 is 12.9 Å². The van der Waals surface area contributed by atoms with E-state index >= 15 is 0 Å². The maximum atomic E-state index is 11.9. The second kappa shape index (κ2) is 3.31. The fraction of sp³-hybridized carbons (Fsp3) is 0.600. The molecule has 0 bridgehead atoms. The Morgan fingerprint density at radius 2 is 1.70 bits per heavy atom. The third-order valence-corrected chi connectivity index (χ3v) is 1.89. The third kappa shape index (κ3) is 1.88. The van der Waals surface area contributed by atoms with E-state index < -0.39 is 12.3 Å². The molecule has 1 rings (SSSR count).